The van der Waals surface area contributed by atoms with Crippen LogP contribution in [0.15, 0.2) is 60.7 Å². The first-order chi connectivity index (χ1) is 12.5. The Morgan fingerprint density at radius 3 is 2.50 bits per heavy atom. The van der Waals surface area contributed by atoms with E-state index in [9.17, 15) is 10.1 Å². The monoisotopic (exact) mass is 367 g/mol. The average Bonchev–Trinajstić information content (AvgIpc) is 2.95. The molecule has 0 aliphatic heterocycles. The van der Waals surface area contributed by atoms with Crippen LogP contribution < -0.4 is 10.6 Å². The third-order valence-corrected chi connectivity index (χ3v) is 3.94. The predicted octanol–water partition coefficient (Wildman–Crippen LogP) is 3.96. The fourth-order valence-electron chi connectivity index (χ4n) is 2.43. The highest BCUT2D eigenvalue weighted by molar-refractivity contribution is 7.80. The second-order valence-electron chi connectivity index (χ2n) is 5.70. The Labute approximate surface area is 155 Å². The number of nitrogens with zero attached hydrogens (tertiary/aromatic N) is 3. The molecule has 26 heavy (non-hydrogen) atoms. The minimum absolute atomic E-state index is 0.0321. The number of anilines is 2. The number of aromatic nitrogens is 2. The lowest BCUT2D eigenvalue weighted by Gasteiger charge is -2.08. The number of thiocarbonyl (C=S) groups is 1. The van der Waals surface area contributed by atoms with E-state index < -0.39 is 4.92 Å². The Morgan fingerprint density at radius 1 is 1.15 bits per heavy atom. The van der Waals surface area contributed by atoms with Gasteiger partial charge in [0, 0.05) is 29.6 Å². The number of nitrogens with one attached hydrogen (secondary N) is 2. The molecule has 0 saturated heterocycles. The molecule has 0 aliphatic rings. The maximum atomic E-state index is 10.7. The van der Waals surface area contributed by atoms with Crippen LogP contribution in [0, 0.1) is 17.0 Å². The Bertz CT molecular complexity index is 923. The summed E-state index contributed by atoms with van der Waals surface area (Å²) in [6, 6.07) is 18.0. The van der Waals surface area contributed by atoms with Gasteiger partial charge in [0.05, 0.1) is 11.5 Å². The molecule has 0 amide bonds. The van der Waals surface area contributed by atoms with E-state index in [-0.39, 0.29) is 5.69 Å². The number of aryl methyl sites for hydroxylation is 1. The zero-order chi connectivity index (χ0) is 18.5. The summed E-state index contributed by atoms with van der Waals surface area (Å²) in [6.07, 6.45) is 0. The van der Waals surface area contributed by atoms with Crippen LogP contribution in [0.1, 0.15) is 11.3 Å². The number of benzene rings is 2. The van der Waals surface area contributed by atoms with Crippen molar-refractivity contribution in [2.24, 2.45) is 0 Å². The van der Waals surface area contributed by atoms with Gasteiger partial charge in [0.25, 0.3) is 5.69 Å². The molecule has 0 radical (unpaired) electrons. The van der Waals surface area contributed by atoms with Gasteiger partial charge in [-0.05, 0) is 36.8 Å². The third kappa shape index (κ3) is 4.42. The van der Waals surface area contributed by atoms with E-state index in [2.05, 4.69) is 27.9 Å². The summed E-state index contributed by atoms with van der Waals surface area (Å²) >= 11 is 5.28. The Kier molecular flexibility index (Phi) is 5.23. The fourth-order valence-corrected chi connectivity index (χ4v) is 2.66. The number of hydrogen-bond donors (Lipinski definition) is 2. The van der Waals surface area contributed by atoms with E-state index in [1.807, 2.05) is 35.9 Å². The zero-order valence-corrected chi connectivity index (χ0v) is 14.9. The second-order valence-corrected chi connectivity index (χ2v) is 6.11. The Balaban J connectivity index is 1.62. The van der Waals surface area contributed by atoms with E-state index in [1.54, 1.807) is 12.1 Å². The summed E-state index contributed by atoms with van der Waals surface area (Å²) in [5.41, 5.74) is 2.87. The zero-order valence-electron chi connectivity index (χ0n) is 14.0. The summed E-state index contributed by atoms with van der Waals surface area (Å²) in [6.45, 7) is 2.66. The predicted molar refractivity (Wildman–Crippen MR) is 105 cm³/mol. The number of nitro benzene ring substituents is 1. The third-order valence-electron chi connectivity index (χ3n) is 3.73. The number of non-ortho nitro benzene ring substituents is 1. The summed E-state index contributed by atoms with van der Waals surface area (Å²) in [5, 5.41) is 21.6. The van der Waals surface area contributed by atoms with Crippen molar-refractivity contribution < 1.29 is 4.92 Å². The molecule has 2 aromatic carbocycles. The first-order valence-electron chi connectivity index (χ1n) is 7.92. The Morgan fingerprint density at radius 2 is 1.85 bits per heavy atom. The molecule has 0 bridgehead atoms. The molecule has 8 heteroatoms. The van der Waals surface area contributed by atoms with Crippen LogP contribution in [0.3, 0.4) is 0 Å². The second kappa shape index (κ2) is 7.75. The molecular formula is C18H17N5O2S. The van der Waals surface area contributed by atoms with Gasteiger partial charge in [0.1, 0.15) is 0 Å². The number of rotatable bonds is 5. The SMILES string of the molecule is Cc1cc(NC(=S)Nc2ccc([N+](=O)[O-])cc2)nn1Cc1ccccc1. The smallest absolute Gasteiger partial charge is 0.269 e. The van der Waals surface area contributed by atoms with Crippen molar-refractivity contribution >= 4 is 34.5 Å². The van der Waals surface area contributed by atoms with Gasteiger partial charge >= 0.3 is 0 Å². The molecule has 0 fully saturated rings. The molecule has 0 spiro atoms. The standard InChI is InChI=1S/C18H17N5O2S/c1-13-11-17(21-22(13)12-14-5-3-2-4-6-14)20-18(26)19-15-7-9-16(10-8-15)23(24)25/h2-11H,12H2,1H3,(H2,19,20,21,26). The van der Waals surface area contributed by atoms with Crippen LogP contribution in [-0.2, 0) is 6.54 Å². The van der Waals surface area contributed by atoms with Gasteiger partial charge in [-0.1, -0.05) is 30.3 Å². The normalized spacial score (nSPS) is 10.3. The van der Waals surface area contributed by atoms with Crippen LogP contribution in [-0.4, -0.2) is 19.8 Å². The fraction of sp³-hybridized carbons (Fsp3) is 0.111. The molecule has 0 saturated carbocycles. The van der Waals surface area contributed by atoms with Crippen molar-refractivity contribution in [1.82, 2.24) is 9.78 Å². The molecule has 132 valence electrons. The van der Waals surface area contributed by atoms with E-state index in [0.717, 1.165) is 11.3 Å². The largest absolute Gasteiger partial charge is 0.332 e. The lowest BCUT2D eigenvalue weighted by atomic mass is 10.2. The molecule has 3 rings (SSSR count). The van der Waals surface area contributed by atoms with Crippen LogP contribution in [0.25, 0.3) is 0 Å². The van der Waals surface area contributed by atoms with E-state index in [4.69, 9.17) is 12.2 Å². The van der Waals surface area contributed by atoms with E-state index in [1.165, 1.54) is 12.1 Å². The van der Waals surface area contributed by atoms with Crippen LogP contribution >= 0.6 is 12.2 Å². The molecule has 0 atom stereocenters. The first-order valence-corrected chi connectivity index (χ1v) is 8.33. The van der Waals surface area contributed by atoms with Crippen molar-refractivity contribution in [3.05, 3.63) is 82.0 Å². The summed E-state index contributed by atoms with van der Waals surface area (Å²) < 4.78 is 1.89. The maximum Gasteiger partial charge on any atom is 0.269 e. The lowest BCUT2D eigenvalue weighted by Crippen LogP contribution is -2.19. The topological polar surface area (TPSA) is 85.0 Å². The molecule has 0 unspecified atom stereocenters. The molecule has 1 aromatic heterocycles. The van der Waals surface area contributed by atoms with Crippen LogP contribution in [0.2, 0.25) is 0 Å². The molecular weight excluding hydrogens is 350 g/mol. The van der Waals surface area contributed by atoms with Crippen molar-refractivity contribution in [2.75, 3.05) is 10.6 Å². The average molecular weight is 367 g/mol. The highest BCUT2D eigenvalue weighted by Gasteiger charge is 2.08. The van der Waals surface area contributed by atoms with Gasteiger partial charge < -0.3 is 10.6 Å². The van der Waals surface area contributed by atoms with E-state index in [0.29, 0.717) is 23.2 Å². The number of nitro groups is 1. The molecule has 3 aromatic rings. The van der Waals surface area contributed by atoms with Gasteiger partial charge in [0.2, 0.25) is 0 Å². The highest BCUT2D eigenvalue weighted by atomic mass is 32.1. The van der Waals surface area contributed by atoms with Gasteiger partial charge in [-0.3, -0.25) is 14.8 Å². The minimum atomic E-state index is -0.442. The van der Waals surface area contributed by atoms with Crippen molar-refractivity contribution in [3.8, 4) is 0 Å². The van der Waals surface area contributed by atoms with Crippen LogP contribution in [0.4, 0.5) is 17.2 Å². The minimum Gasteiger partial charge on any atom is -0.332 e. The lowest BCUT2D eigenvalue weighted by molar-refractivity contribution is -0.384. The molecule has 0 aliphatic carbocycles. The molecule has 1 heterocycles. The summed E-state index contributed by atoms with van der Waals surface area (Å²) in [7, 11) is 0. The van der Waals surface area contributed by atoms with Crippen molar-refractivity contribution in [2.45, 2.75) is 13.5 Å². The molecule has 2 N–H and O–H groups in total. The summed E-state index contributed by atoms with van der Waals surface area (Å²) in [5.74, 6) is 0.637. The quantitative estimate of drug-likeness (QED) is 0.403. The van der Waals surface area contributed by atoms with Crippen molar-refractivity contribution in [3.63, 3.8) is 0 Å². The van der Waals surface area contributed by atoms with Gasteiger partial charge in [-0.15, -0.1) is 0 Å². The first kappa shape index (κ1) is 17.6. The van der Waals surface area contributed by atoms with Crippen LogP contribution in [0.5, 0.6) is 0 Å². The van der Waals surface area contributed by atoms with Gasteiger partial charge in [-0.25, -0.2) is 0 Å². The number of hydrogen-bond acceptors (Lipinski definition) is 4. The summed E-state index contributed by atoms with van der Waals surface area (Å²) in [4.78, 5) is 10.2. The maximum absolute atomic E-state index is 10.7. The van der Waals surface area contributed by atoms with Gasteiger partial charge in [-0.2, -0.15) is 5.10 Å². The van der Waals surface area contributed by atoms with Gasteiger partial charge in [0.15, 0.2) is 10.9 Å². The van der Waals surface area contributed by atoms with E-state index >= 15 is 0 Å². The molecule has 7 nitrogen and oxygen atoms in total. The Hall–Kier alpha value is -3.26. The highest BCUT2D eigenvalue weighted by Crippen LogP contribution is 2.16. The van der Waals surface area contributed by atoms with Crippen molar-refractivity contribution in [1.29, 1.82) is 0 Å².